The van der Waals surface area contributed by atoms with E-state index in [0.29, 0.717) is 35.7 Å². The Morgan fingerprint density at radius 3 is 1.30 bits per heavy atom. The predicted octanol–water partition coefficient (Wildman–Crippen LogP) is 4.80. The normalized spacial score (nSPS) is 10.7. The first-order chi connectivity index (χ1) is 24.1. The van der Waals surface area contributed by atoms with E-state index in [-0.39, 0.29) is 58.7 Å². The number of rotatable bonds is 17. The summed E-state index contributed by atoms with van der Waals surface area (Å²) < 4.78 is 12.6. The van der Waals surface area contributed by atoms with Gasteiger partial charge in [-0.25, -0.2) is 9.59 Å². The molecule has 0 unspecified atom stereocenters. The molecule has 2 heterocycles. The minimum absolute atomic E-state index is 0.0845. The van der Waals surface area contributed by atoms with E-state index in [9.17, 15) is 28.8 Å². The van der Waals surface area contributed by atoms with Crippen LogP contribution in [0.3, 0.4) is 0 Å². The molecule has 0 spiro atoms. The second kappa shape index (κ2) is 18.1. The van der Waals surface area contributed by atoms with E-state index < -0.39 is 23.1 Å². The maximum atomic E-state index is 13.5. The molecular weight excluding hydrogens is 681 g/mol. The number of esters is 2. The first-order valence-corrected chi connectivity index (χ1v) is 18.3. The maximum absolute atomic E-state index is 13.5. The molecule has 14 heteroatoms. The molecule has 0 aliphatic rings. The summed E-state index contributed by atoms with van der Waals surface area (Å²) in [4.78, 5) is 78.0. The highest BCUT2D eigenvalue weighted by Crippen LogP contribution is 2.24. The topological polar surface area (TPSA) is 155 Å². The molecule has 4 aromatic rings. The average molecular weight is 719 g/mol. The lowest BCUT2D eigenvalue weighted by Gasteiger charge is -2.17. The van der Waals surface area contributed by atoms with E-state index in [1.54, 1.807) is 96.1 Å². The zero-order valence-corrected chi connectivity index (χ0v) is 29.8. The zero-order chi connectivity index (χ0) is 36.2. The van der Waals surface area contributed by atoms with Crippen molar-refractivity contribution >= 4 is 56.7 Å². The third-order valence-electron chi connectivity index (χ3n) is 7.42. The van der Waals surface area contributed by atoms with E-state index in [1.165, 1.54) is 35.4 Å². The Bertz CT molecular complexity index is 1840. The summed E-state index contributed by atoms with van der Waals surface area (Å²) >= 11 is 0. The number of carbonyl (C=O) groups is 4. The number of ketones is 2. The number of nitrogens with one attached hydrogen (secondary N) is 2. The van der Waals surface area contributed by atoms with Crippen LogP contribution < -0.4 is 21.8 Å². The smallest absolute Gasteiger partial charge is 0.343 e. The molecule has 2 aromatic carbocycles. The van der Waals surface area contributed by atoms with Gasteiger partial charge in [0.1, 0.15) is 22.8 Å². The fourth-order valence-electron chi connectivity index (χ4n) is 4.99. The lowest BCUT2D eigenvalue weighted by molar-refractivity contribution is 0.0514. The molecule has 0 aliphatic heterocycles. The molecule has 12 nitrogen and oxygen atoms in total. The van der Waals surface area contributed by atoms with E-state index in [2.05, 4.69) is 10.6 Å². The Morgan fingerprint density at radius 1 is 0.600 bits per heavy atom. The zero-order valence-electron chi connectivity index (χ0n) is 28.1. The minimum Gasteiger partial charge on any atom is -0.462 e. The molecule has 4 rings (SSSR count). The van der Waals surface area contributed by atoms with E-state index in [1.807, 2.05) is 0 Å². The fourth-order valence-corrected chi connectivity index (χ4v) is 6.80. The third kappa shape index (κ3) is 8.93. The van der Waals surface area contributed by atoms with Crippen molar-refractivity contribution in [1.29, 1.82) is 0 Å². The molecular formula is C36H38N4O8S2. The van der Waals surface area contributed by atoms with Crippen LogP contribution in [0.15, 0.2) is 82.4 Å². The van der Waals surface area contributed by atoms with Gasteiger partial charge in [-0.05, 0) is 26.0 Å². The highest BCUT2D eigenvalue weighted by Gasteiger charge is 2.25. The fraction of sp³-hybridized carbons (Fsp3) is 0.278. The number of anilines is 2. The van der Waals surface area contributed by atoms with Gasteiger partial charge in [-0.2, -0.15) is 0 Å². The molecule has 2 aromatic heterocycles. The van der Waals surface area contributed by atoms with Gasteiger partial charge in [-0.3, -0.25) is 28.3 Å². The van der Waals surface area contributed by atoms with Crippen molar-refractivity contribution < 1.29 is 28.7 Å². The number of benzene rings is 2. The first kappa shape index (κ1) is 37.7. The van der Waals surface area contributed by atoms with Crippen LogP contribution in [0.1, 0.15) is 66.4 Å². The van der Waals surface area contributed by atoms with Gasteiger partial charge >= 0.3 is 11.9 Å². The monoisotopic (exact) mass is 718 g/mol. The van der Waals surface area contributed by atoms with E-state index >= 15 is 0 Å². The Kier molecular flexibility index (Phi) is 13.6. The average Bonchev–Trinajstić information content (AvgIpc) is 3.13. The molecule has 0 aliphatic carbocycles. The second-order valence-electron chi connectivity index (χ2n) is 10.7. The Hall–Kier alpha value is -5.08. The number of nitrogens with zero attached hydrogens (tertiary/aromatic N) is 2. The number of hydrogen-bond donors (Lipinski definition) is 2. The highest BCUT2D eigenvalue weighted by molar-refractivity contribution is 8.76. The van der Waals surface area contributed by atoms with Crippen molar-refractivity contribution in [2.24, 2.45) is 14.1 Å². The van der Waals surface area contributed by atoms with Crippen LogP contribution >= 0.6 is 21.6 Å². The largest absolute Gasteiger partial charge is 0.462 e. The van der Waals surface area contributed by atoms with Gasteiger partial charge in [0.25, 0.3) is 11.1 Å². The summed E-state index contributed by atoms with van der Waals surface area (Å²) in [5.74, 6) is -0.555. The third-order valence-corrected chi connectivity index (χ3v) is 9.83. The summed E-state index contributed by atoms with van der Waals surface area (Å²) in [5, 5.41) is 6.37. The number of aromatic nitrogens is 2. The van der Waals surface area contributed by atoms with Crippen molar-refractivity contribution in [3.8, 4) is 0 Å². The van der Waals surface area contributed by atoms with Gasteiger partial charge in [-0.15, -0.1) is 0 Å². The first-order valence-electron chi connectivity index (χ1n) is 15.8. The van der Waals surface area contributed by atoms with Gasteiger partial charge in [0.05, 0.1) is 24.3 Å². The van der Waals surface area contributed by atoms with Crippen LogP contribution in [0.25, 0.3) is 0 Å². The molecule has 0 atom stereocenters. The van der Waals surface area contributed by atoms with Crippen LogP contribution in [0.5, 0.6) is 0 Å². The lowest BCUT2D eigenvalue weighted by atomic mass is 10.0. The number of pyridine rings is 2. The predicted molar refractivity (Wildman–Crippen MR) is 197 cm³/mol. The van der Waals surface area contributed by atoms with Crippen molar-refractivity contribution in [2.45, 2.75) is 13.8 Å². The van der Waals surface area contributed by atoms with Gasteiger partial charge in [0, 0.05) is 49.8 Å². The molecule has 2 N–H and O–H groups in total. The molecule has 0 bridgehead atoms. The molecule has 0 radical (unpaired) electrons. The Balaban J connectivity index is 1.42. The maximum Gasteiger partial charge on any atom is 0.343 e. The molecule has 0 saturated carbocycles. The summed E-state index contributed by atoms with van der Waals surface area (Å²) in [5.41, 5.74) is -0.466. The van der Waals surface area contributed by atoms with Gasteiger partial charge in [0.15, 0.2) is 11.6 Å². The van der Waals surface area contributed by atoms with Crippen molar-refractivity contribution in [2.75, 3.05) is 48.4 Å². The van der Waals surface area contributed by atoms with Crippen molar-refractivity contribution in [1.82, 2.24) is 9.13 Å². The second-order valence-corrected chi connectivity index (χ2v) is 13.4. The van der Waals surface area contributed by atoms with Crippen LogP contribution in [0.2, 0.25) is 0 Å². The number of carbonyl (C=O) groups excluding carboxylic acids is 4. The summed E-state index contributed by atoms with van der Waals surface area (Å²) in [6.07, 6.45) is 0. The van der Waals surface area contributed by atoms with Crippen LogP contribution in [0.4, 0.5) is 11.6 Å². The SMILES string of the molecule is CCOC(=O)c1cc(C(=O)c2ccccc2)c(NCCSSCCNc2c(C(=O)c3ccccc3)cc(C(=O)OCC)c(=O)n2C)n(C)c1=O. The minimum atomic E-state index is -0.797. The highest BCUT2D eigenvalue weighted by atomic mass is 33.1. The van der Waals surface area contributed by atoms with Gasteiger partial charge < -0.3 is 20.1 Å². The van der Waals surface area contributed by atoms with E-state index in [0.717, 1.165) is 0 Å². The standard InChI is InChI=1S/C36H38N4O8S2/c1-5-47-35(45)27-21-25(29(41)23-13-9-7-10-14-23)31(39(3)33(27)43)37-17-19-49-50-20-18-38-32-26(30(42)24-15-11-8-12-16-24)22-28(34(44)40(32)4)36(46)48-6-2/h7-16,21-22,37-38H,5-6,17-20H2,1-4H3. The number of ether oxygens (including phenoxy) is 2. The van der Waals surface area contributed by atoms with Crippen LogP contribution in [-0.4, -0.2) is 70.4 Å². The van der Waals surface area contributed by atoms with Crippen LogP contribution in [0, 0.1) is 0 Å². The van der Waals surface area contributed by atoms with Crippen LogP contribution in [-0.2, 0) is 23.6 Å². The van der Waals surface area contributed by atoms with Gasteiger partial charge in [0.2, 0.25) is 0 Å². The summed E-state index contributed by atoms with van der Waals surface area (Å²) in [6, 6.07) is 19.7. The van der Waals surface area contributed by atoms with Gasteiger partial charge in [-0.1, -0.05) is 82.3 Å². The Morgan fingerprint density at radius 2 is 0.960 bits per heavy atom. The van der Waals surface area contributed by atoms with E-state index in [4.69, 9.17) is 9.47 Å². The lowest BCUT2D eigenvalue weighted by Crippen LogP contribution is -2.30. The molecule has 0 saturated heterocycles. The molecule has 0 amide bonds. The summed E-state index contributed by atoms with van der Waals surface area (Å²) in [7, 11) is 6.07. The summed E-state index contributed by atoms with van der Waals surface area (Å²) in [6.45, 7) is 4.23. The Labute approximate surface area is 297 Å². The molecule has 0 fully saturated rings. The molecule has 50 heavy (non-hydrogen) atoms. The van der Waals surface area contributed by atoms with Crippen molar-refractivity contribution in [3.63, 3.8) is 0 Å². The van der Waals surface area contributed by atoms with Crippen molar-refractivity contribution in [3.05, 3.63) is 127 Å². The molecule has 262 valence electrons. The number of hydrogen-bond acceptors (Lipinski definition) is 12. The quantitative estimate of drug-likeness (QED) is 0.0667.